The summed E-state index contributed by atoms with van der Waals surface area (Å²) >= 11 is 0. The molecule has 2 amide bonds. The molecule has 0 saturated carbocycles. The van der Waals surface area contributed by atoms with Gasteiger partial charge in [-0.1, -0.05) is 0 Å². The Kier molecular flexibility index (Phi) is 6.15. The molecule has 7 heteroatoms. The summed E-state index contributed by atoms with van der Waals surface area (Å²) in [7, 11) is 0. The zero-order valence-electron chi connectivity index (χ0n) is 14.1. The highest BCUT2D eigenvalue weighted by Gasteiger charge is 2.23. The van der Waals surface area contributed by atoms with Crippen LogP contribution in [0.15, 0.2) is 12.4 Å². The predicted molar refractivity (Wildman–Crippen MR) is 87.9 cm³/mol. The molecule has 1 fully saturated rings. The molecule has 0 spiro atoms. The standard InChI is InChI=1S/C16H27N5O2/c1-11-8-19-21(10-11)13(3)12(2)18-9-15(22)20-14-6-4-5-7-17-16(14)23/h8,10,12-14,18H,4-7,9H2,1-3H3,(H,17,23)(H,20,22)/t12-,13+,14+/m0/s1. The molecule has 1 aliphatic heterocycles. The number of hydrogen-bond donors (Lipinski definition) is 3. The molecule has 128 valence electrons. The summed E-state index contributed by atoms with van der Waals surface area (Å²) in [4.78, 5) is 23.9. The van der Waals surface area contributed by atoms with E-state index in [1.54, 1.807) is 0 Å². The lowest BCUT2D eigenvalue weighted by Gasteiger charge is -2.22. The van der Waals surface area contributed by atoms with Crippen molar-refractivity contribution in [3.8, 4) is 0 Å². The molecule has 2 heterocycles. The van der Waals surface area contributed by atoms with E-state index in [4.69, 9.17) is 0 Å². The number of aryl methyl sites for hydroxylation is 1. The number of nitrogens with zero attached hydrogens (tertiary/aromatic N) is 2. The average Bonchev–Trinajstić information content (AvgIpc) is 2.86. The molecule has 7 nitrogen and oxygen atoms in total. The van der Waals surface area contributed by atoms with Gasteiger partial charge in [-0.15, -0.1) is 0 Å². The van der Waals surface area contributed by atoms with Crippen molar-refractivity contribution >= 4 is 11.8 Å². The zero-order valence-corrected chi connectivity index (χ0v) is 14.1. The fourth-order valence-corrected chi connectivity index (χ4v) is 2.63. The second-order valence-electron chi connectivity index (χ2n) is 6.31. The second-order valence-corrected chi connectivity index (χ2v) is 6.31. The number of carbonyl (C=O) groups excluding carboxylic acids is 2. The van der Waals surface area contributed by atoms with Crippen molar-refractivity contribution in [2.24, 2.45) is 0 Å². The largest absolute Gasteiger partial charge is 0.354 e. The maximum absolute atomic E-state index is 12.1. The Labute approximate surface area is 137 Å². The van der Waals surface area contributed by atoms with Crippen molar-refractivity contribution in [2.75, 3.05) is 13.1 Å². The zero-order chi connectivity index (χ0) is 16.8. The molecule has 2 rings (SSSR count). The van der Waals surface area contributed by atoms with E-state index >= 15 is 0 Å². The van der Waals surface area contributed by atoms with E-state index in [1.807, 2.05) is 30.9 Å². The lowest BCUT2D eigenvalue weighted by Crippen LogP contribution is -2.49. The highest BCUT2D eigenvalue weighted by Crippen LogP contribution is 2.10. The minimum absolute atomic E-state index is 0.0794. The first-order chi connectivity index (χ1) is 11.0. The van der Waals surface area contributed by atoms with Crippen LogP contribution in [0, 0.1) is 6.92 Å². The van der Waals surface area contributed by atoms with Crippen LogP contribution in [-0.2, 0) is 9.59 Å². The molecular weight excluding hydrogens is 294 g/mol. The number of amides is 2. The molecule has 3 atom stereocenters. The van der Waals surface area contributed by atoms with Crippen molar-refractivity contribution in [2.45, 2.75) is 58.2 Å². The Morgan fingerprint density at radius 3 is 2.96 bits per heavy atom. The van der Waals surface area contributed by atoms with Gasteiger partial charge in [0.25, 0.3) is 0 Å². The quantitative estimate of drug-likeness (QED) is 0.712. The van der Waals surface area contributed by atoms with Crippen LogP contribution in [0.3, 0.4) is 0 Å². The summed E-state index contributed by atoms with van der Waals surface area (Å²) in [5.41, 5.74) is 1.11. The van der Waals surface area contributed by atoms with E-state index in [1.165, 1.54) is 0 Å². The van der Waals surface area contributed by atoms with E-state index < -0.39 is 6.04 Å². The van der Waals surface area contributed by atoms with Gasteiger partial charge in [-0.25, -0.2) is 0 Å². The third-order valence-corrected chi connectivity index (χ3v) is 4.33. The first kappa shape index (κ1) is 17.5. The van der Waals surface area contributed by atoms with Crippen LogP contribution in [-0.4, -0.2) is 46.8 Å². The molecular formula is C16H27N5O2. The van der Waals surface area contributed by atoms with Crippen LogP contribution >= 0.6 is 0 Å². The Balaban J connectivity index is 1.78. The summed E-state index contributed by atoms with van der Waals surface area (Å²) in [5.74, 6) is -0.230. The van der Waals surface area contributed by atoms with E-state index in [0.717, 1.165) is 18.4 Å². The molecule has 1 aliphatic rings. The average molecular weight is 321 g/mol. The van der Waals surface area contributed by atoms with Crippen molar-refractivity contribution in [1.82, 2.24) is 25.7 Å². The molecule has 0 bridgehead atoms. The van der Waals surface area contributed by atoms with E-state index in [2.05, 4.69) is 28.0 Å². The van der Waals surface area contributed by atoms with Gasteiger partial charge in [-0.3, -0.25) is 14.3 Å². The number of nitrogens with one attached hydrogen (secondary N) is 3. The molecule has 0 aliphatic carbocycles. The number of hydrogen-bond acceptors (Lipinski definition) is 4. The van der Waals surface area contributed by atoms with Gasteiger partial charge >= 0.3 is 0 Å². The third kappa shape index (κ3) is 5.06. The van der Waals surface area contributed by atoms with E-state index in [9.17, 15) is 9.59 Å². The first-order valence-corrected chi connectivity index (χ1v) is 8.28. The summed E-state index contributed by atoms with van der Waals surface area (Å²) < 4.78 is 1.89. The maximum Gasteiger partial charge on any atom is 0.242 e. The fraction of sp³-hybridized carbons (Fsp3) is 0.688. The van der Waals surface area contributed by atoms with Crippen molar-refractivity contribution in [3.05, 3.63) is 18.0 Å². The lowest BCUT2D eigenvalue weighted by molar-refractivity contribution is -0.128. The van der Waals surface area contributed by atoms with Gasteiger partial charge in [0.05, 0.1) is 18.8 Å². The van der Waals surface area contributed by atoms with Gasteiger partial charge in [0.15, 0.2) is 0 Å². The molecule has 0 radical (unpaired) electrons. The van der Waals surface area contributed by atoms with Crippen LogP contribution in [0.4, 0.5) is 0 Å². The summed E-state index contributed by atoms with van der Waals surface area (Å²) in [6.45, 7) is 6.96. The smallest absolute Gasteiger partial charge is 0.242 e. The summed E-state index contributed by atoms with van der Waals surface area (Å²) in [6.07, 6.45) is 6.42. The number of aromatic nitrogens is 2. The van der Waals surface area contributed by atoms with Gasteiger partial charge in [-0.2, -0.15) is 5.10 Å². The van der Waals surface area contributed by atoms with Gasteiger partial charge < -0.3 is 16.0 Å². The number of carbonyl (C=O) groups is 2. The minimum Gasteiger partial charge on any atom is -0.354 e. The molecule has 3 N–H and O–H groups in total. The fourth-order valence-electron chi connectivity index (χ4n) is 2.63. The van der Waals surface area contributed by atoms with Crippen molar-refractivity contribution < 1.29 is 9.59 Å². The summed E-state index contributed by atoms with van der Waals surface area (Å²) in [6, 6.07) is -0.186. The lowest BCUT2D eigenvalue weighted by atomic mass is 10.1. The first-order valence-electron chi connectivity index (χ1n) is 8.28. The Morgan fingerprint density at radius 1 is 1.48 bits per heavy atom. The Hall–Kier alpha value is -1.89. The molecule has 1 saturated heterocycles. The van der Waals surface area contributed by atoms with Crippen molar-refractivity contribution in [3.63, 3.8) is 0 Å². The highest BCUT2D eigenvalue weighted by molar-refractivity contribution is 5.88. The summed E-state index contributed by atoms with van der Waals surface area (Å²) in [5, 5.41) is 13.1. The van der Waals surface area contributed by atoms with Crippen molar-refractivity contribution in [1.29, 1.82) is 0 Å². The van der Waals surface area contributed by atoms with Crippen LogP contribution in [0.5, 0.6) is 0 Å². The van der Waals surface area contributed by atoms with Gasteiger partial charge in [0.2, 0.25) is 11.8 Å². The van der Waals surface area contributed by atoms with Gasteiger partial charge in [0, 0.05) is 18.8 Å². The predicted octanol–water partition coefficient (Wildman–Crippen LogP) is 0.516. The molecule has 0 unspecified atom stereocenters. The van der Waals surface area contributed by atoms with Gasteiger partial charge in [-0.05, 0) is 45.6 Å². The van der Waals surface area contributed by atoms with E-state index in [0.29, 0.717) is 13.0 Å². The van der Waals surface area contributed by atoms with Crippen LogP contribution < -0.4 is 16.0 Å². The highest BCUT2D eigenvalue weighted by atomic mass is 16.2. The molecule has 0 aromatic carbocycles. The Bertz CT molecular complexity index is 542. The van der Waals surface area contributed by atoms with E-state index in [-0.39, 0.29) is 30.4 Å². The van der Waals surface area contributed by atoms with Crippen LogP contribution in [0.2, 0.25) is 0 Å². The van der Waals surface area contributed by atoms with Crippen LogP contribution in [0.1, 0.15) is 44.7 Å². The third-order valence-electron chi connectivity index (χ3n) is 4.33. The van der Waals surface area contributed by atoms with Crippen LogP contribution in [0.25, 0.3) is 0 Å². The maximum atomic E-state index is 12.1. The molecule has 23 heavy (non-hydrogen) atoms. The normalized spacial score (nSPS) is 21.2. The number of rotatable bonds is 6. The monoisotopic (exact) mass is 321 g/mol. The molecule has 1 aromatic rings. The second kappa shape index (κ2) is 8.10. The Morgan fingerprint density at radius 2 is 2.26 bits per heavy atom. The topological polar surface area (TPSA) is 88.1 Å². The molecule has 1 aromatic heterocycles. The minimum atomic E-state index is -0.409. The van der Waals surface area contributed by atoms with Gasteiger partial charge in [0.1, 0.15) is 6.04 Å². The SMILES string of the molecule is Cc1cnn([C@H](C)[C@H](C)NCC(=O)N[C@@H]2CCCCNC2=O)c1.